The minimum absolute atomic E-state index is 0. The standard InChI is InChI=1S/C5H2Cl2N2O2.Li.H2O/c6-2-1-3(7)8-9-4(2)5(10)11;;/h1H,(H,10,11);;1H2/q;+1;/p-1. The molecular weight excluding hydrogens is 214 g/mol. The number of aromatic nitrogens is 2. The van der Waals surface area contributed by atoms with Crippen LogP contribution in [-0.4, -0.2) is 21.6 Å². The number of hydrogen-bond acceptors (Lipinski definition) is 4. The molecule has 0 atom stereocenters. The minimum Gasteiger partial charge on any atom is -0.543 e. The molecule has 66 valence electrons. The Balaban J connectivity index is 0. The molecule has 1 heterocycles. The van der Waals surface area contributed by atoms with Gasteiger partial charge in [0.05, 0.1) is 11.0 Å². The number of nitrogens with zero attached hydrogens (tertiary/aromatic N) is 2. The van der Waals surface area contributed by atoms with Crippen LogP contribution >= 0.6 is 23.2 Å². The van der Waals surface area contributed by atoms with Crippen molar-refractivity contribution in [2.24, 2.45) is 0 Å². The molecule has 0 aromatic carbocycles. The fraction of sp³-hybridized carbons (Fsp3) is 0. The third-order valence-electron chi connectivity index (χ3n) is 0.911. The summed E-state index contributed by atoms with van der Waals surface area (Å²) in [7, 11) is 0. The van der Waals surface area contributed by atoms with Gasteiger partial charge in [0.15, 0.2) is 5.15 Å². The van der Waals surface area contributed by atoms with Crippen molar-refractivity contribution in [1.82, 2.24) is 10.2 Å². The Bertz CT molecular complexity index is 310. The maximum atomic E-state index is 10.2. The van der Waals surface area contributed by atoms with E-state index in [0.717, 1.165) is 0 Å². The molecule has 0 aliphatic heterocycles. The predicted molar refractivity (Wildman–Crippen MR) is 40.0 cm³/mol. The minimum atomic E-state index is -1.47. The van der Waals surface area contributed by atoms with Crippen molar-refractivity contribution in [3.63, 3.8) is 0 Å². The first-order valence-electron chi connectivity index (χ1n) is 2.51. The number of carboxylic acids is 1. The fourth-order valence-electron chi connectivity index (χ4n) is 0.486. The smallest absolute Gasteiger partial charge is 0.543 e. The molecule has 1 rings (SSSR count). The van der Waals surface area contributed by atoms with Gasteiger partial charge in [-0.15, -0.1) is 10.2 Å². The Labute approximate surface area is 95.5 Å². The zero-order chi connectivity index (χ0) is 8.43. The van der Waals surface area contributed by atoms with Crippen LogP contribution in [0.1, 0.15) is 10.5 Å². The molecular formula is C5H3Cl2LiN2O3. The Kier molecular flexibility index (Phi) is 7.22. The summed E-state index contributed by atoms with van der Waals surface area (Å²) in [5, 5.41) is 16.6. The number of rotatable bonds is 1. The van der Waals surface area contributed by atoms with Gasteiger partial charge in [-0.2, -0.15) is 0 Å². The summed E-state index contributed by atoms with van der Waals surface area (Å²) in [6.45, 7) is 0. The van der Waals surface area contributed by atoms with Crippen molar-refractivity contribution in [1.29, 1.82) is 0 Å². The molecule has 0 saturated carbocycles. The van der Waals surface area contributed by atoms with Gasteiger partial charge in [0.2, 0.25) is 0 Å². The number of carbonyl (C=O) groups is 1. The second kappa shape index (κ2) is 6.19. The number of carbonyl (C=O) groups excluding carboxylic acids is 1. The molecule has 1 aromatic rings. The maximum absolute atomic E-state index is 10.2. The maximum Gasteiger partial charge on any atom is 1.00 e. The summed E-state index contributed by atoms with van der Waals surface area (Å²) in [5.41, 5.74) is -0.406. The molecule has 0 spiro atoms. The van der Waals surface area contributed by atoms with Crippen molar-refractivity contribution in [3.05, 3.63) is 21.9 Å². The van der Waals surface area contributed by atoms with Gasteiger partial charge in [-0.1, -0.05) is 23.2 Å². The third-order valence-corrected chi connectivity index (χ3v) is 1.38. The van der Waals surface area contributed by atoms with Crippen LogP contribution in [0.3, 0.4) is 0 Å². The Morgan fingerprint density at radius 3 is 2.31 bits per heavy atom. The van der Waals surface area contributed by atoms with Crippen molar-refractivity contribution in [3.8, 4) is 0 Å². The molecule has 0 aliphatic carbocycles. The number of hydrogen-bond donors (Lipinski definition) is 0. The van der Waals surface area contributed by atoms with Gasteiger partial charge in [-0.05, 0) is 6.07 Å². The number of aromatic carboxylic acids is 1. The molecule has 5 nitrogen and oxygen atoms in total. The molecule has 0 radical (unpaired) electrons. The summed E-state index contributed by atoms with van der Waals surface area (Å²) >= 11 is 10.8. The van der Waals surface area contributed by atoms with Gasteiger partial charge in [0, 0.05) is 0 Å². The normalized spacial score (nSPS) is 8.15. The summed E-state index contributed by atoms with van der Waals surface area (Å²) < 4.78 is 0. The average molecular weight is 217 g/mol. The molecule has 0 saturated heterocycles. The van der Waals surface area contributed by atoms with Crippen LogP contribution in [0.25, 0.3) is 0 Å². The molecule has 13 heavy (non-hydrogen) atoms. The SMILES string of the molecule is O.O=C([O-])c1nnc(Cl)cc1Cl.[Li+]. The summed E-state index contributed by atoms with van der Waals surface area (Å²) in [6, 6.07) is 1.18. The van der Waals surface area contributed by atoms with Gasteiger partial charge in [-0.25, -0.2) is 0 Å². The third kappa shape index (κ3) is 3.94. The summed E-state index contributed by atoms with van der Waals surface area (Å²) in [5.74, 6) is -1.47. The van der Waals surface area contributed by atoms with Crippen LogP contribution in [0.15, 0.2) is 6.07 Å². The Morgan fingerprint density at radius 1 is 1.38 bits per heavy atom. The predicted octanol–water partition coefficient (Wildman–Crippen LogP) is -3.67. The topological polar surface area (TPSA) is 97.4 Å². The van der Waals surface area contributed by atoms with Crippen LogP contribution in [0.5, 0.6) is 0 Å². The van der Waals surface area contributed by atoms with Gasteiger partial charge < -0.3 is 15.4 Å². The van der Waals surface area contributed by atoms with Gasteiger partial charge in [0.1, 0.15) is 5.69 Å². The van der Waals surface area contributed by atoms with Crippen molar-refractivity contribution in [2.45, 2.75) is 0 Å². The van der Waals surface area contributed by atoms with E-state index in [2.05, 4.69) is 10.2 Å². The zero-order valence-electron chi connectivity index (χ0n) is 6.54. The first-order valence-corrected chi connectivity index (χ1v) is 3.27. The zero-order valence-corrected chi connectivity index (χ0v) is 8.06. The monoisotopic (exact) mass is 216 g/mol. The van der Waals surface area contributed by atoms with E-state index in [0.29, 0.717) is 0 Å². The first-order chi connectivity index (χ1) is 5.11. The molecule has 0 unspecified atom stereocenters. The van der Waals surface area contributed by atoms with Crippen LogP contribution in [0, 0.1) is 0 Å². The Morgan fingerprint density at radius 2 is 1.92 bits per heavy atom. The average Bonchev–Trinajstić information content (AvgIpc) is 1.85. The van der Waals surface area contributed by atoms with E-state index in [1.807, 2.05) is 0 Å². The second-order valence-electron chi connectivity index (χ2n) is 1.65. The van der Waals surface area contributed by atoms with E-state index in [9.17, 15) is 9.90 Å². The van der Waals surface area contributed by atoms with E-state index < -0.39 is 11.7 Å². The summed E-state index contributed by atoms with van der Waals surface area (Å²) in [6.07, 6.45) is 0. The van der Waals surface area contributed by atoms with Crippen molar-refractivity contribution in [2.75, 3.05) is 0 Å². The van der Waals surface area contributed by atoms with Gasteiger partial charge in [-0.3, -0.25) is 0 Å². The summed E-state index contributed by atoms with van der Waals surface area (Å²) in [4.78, 5) is 10.2. The van der Waals surface area contributed by atoms with Crippen LogP contribution in [0.2, 0.25) is 10.2 Å². The molecule has 0 fully saturated rings. The van der Waals surface area contributed by atoms with E-state index >= 15 is 0 Å². The van der Waals surface area contributed by atoms with E-state index in [-0.39, 0.29) is 34.5 Å². The van der Waals surface area contributed by atoms with Gasteiger partial charge >= 0.3 is 18.9 Å². The van der Waals surface area contributed by atoms with E-state index in [1.54, 1.807) is 0 Å². The van der Waals surface area contributed by atoms with Gasteiger partial charge in [0.25, 0.3) is 0 Å². The largest absolute Gasteiger partial charge is 1.00 e. The first kappa shape index (κ1) is 15.2. The van der Waals surface area contributed by atoms with Crippen LogP contribution in [0.4, 0.5) is 0 Å². The molecule has 2 N–H and O–H groups in total. The number of halogens is 2. The molecule has 0 amide bonds. The fourth-order valence-corrected chi connectivity index (χ4v) is 0.907. The van der Waals surface area contributed by atoms with Crippen LogP contribution < -0.4 is 24.0 Å². The second-order valence-corrected chi connectivity index (χ2v) is 2.45. The molecule has 1 aromatic heterocycles. The molecule has 0 aliphatic rings. The van der Waals surface area contributed by atoms with Crippen LogP contribution in [-0.2, 0) is 0 Å². The molecule has 8 heteroatoms. The Hall–Kier alpha value is -0.313. The van der Waals surface area contributed by atoms with E-state index in [4.69, 9.17) is 23.2 Å². The molecule has 0 bridgehead atoms. The number of carboxylic acid groups (broad SMARTS) is 1. The quantitative estimate of drug-likeness (QED) is 0.452. The van der Waals surface area contributed by atoms with Crippen molar-refractivity contribution >= 4 is 29.2 Å². The van der Waals surface area contributed by atoms with Crippen molar-refractivity contribution < 1.29 is 34.2 Å². The van der Waals surface area contributed by atoms with E-state index in [1.165, 1.54) is 6.07 Å².